The third-order valence-corrected chi connectivity index (χ3v) is 2.67. The lowest BCUT2D eigenvalue weighted by Gasteiger charge is -2.08. The van der Waals surface area contributed by atoms with Crippen molar-refractivity contribution in [1.82, 2.24) is 9.78 Å². The second kappa shape index (κ2) is 4.63. The predicted octanol–water partition coefficient (Wildman–Crippen LogP) is 0.819. The van der Waals surface area contributed by atoms with Crippen molar-refractivity contribution in [2.24, 2.45) is 5.73 Å². The van der Waals surface area contributed by atoms with Crippen LogP contribution in [0.3, 0.4) is 0 Å². The number of carboxylic acids is 1. The molecule has 0 aliphatic carbocycles. The van der Waals surface area contributed by atoms with E-state index in [0.29, 0.717) is 23.0 Å². The summed E-state index contributed by atoms with van der Waals surface area (Å²) in [4.78, 5) is 10.6. The van der Waals surface area contributed by atoms with Crippen LogP contribution in [0.2, 0.25) is 5.02 Å². The molecule has 0 fully saturated rings. The van der Waals surface area contributed by atoms with Gasteiger partial charge in [-0.1, -0.05) is 11.6 Å². The number of carbonyl (C=O) groups is 1. The summed E-state index contributed by atoms with van der Waals surface area (Å²) in [6.07, 6.45) is 0.197. The van der Waals surface area contributed by atoms with Gasteiger partial charge in [0.2, 0.25) is 0 Å². The number of nitrogens with zero attached hydrogens (tertiary/aromatic N) is 2. The summed E-state index contributed by atoms with van der Waals surface area (Å²) in [6, 6.07) is -0.941. The molecule has 1 rings (SSSR count). The van der Waals surface area contributed by atoms with E-state index in [-0.39, 0.29) is 6.42 Å². The Hall–Kier alpha value is -1.07. The van der Waals surface area contributed by atoms with Crippen LogP contribution in [0.5, 0.6) is 0 Å². The third-order valence-electron chi connectivity index (χ3n) is 2.18. The number of aliphatic carboxylic acids is 1. The number of aromatic nitrogens is 2. The smallest absolute Gasteiger partial charge is 0.320 e. The van der Waals surface area contributed by atoms with Gasteiger partial charge in [-0.2, -0.15) is 5.10 Å². The van der Waals surface area contributed by atoms with Gasteiger partial charge in [-0.05, 0) is 13.8 Å². The molecule has 0 saturated heterocycles. The standard InChI is InChI=1S/C9H14ClN3O2/c1-3-13-7(4-6(11)9(14)15)8(10)5(2)12-13/h6H,3-4,11H2,1-2H3,(H,14,15)/t6-/m1/s1. The van der Waals surface area contributed by atoms with Crippen molar-refractivity contribution in [1.29, 1.82) is 0 Å². The molecule has 1 aromatic heterocycles. The van der Waals surface area contributed by atoms with E-state index in [1.807, 2.05) is 6.92 Å². The molecule has 0 bridgehead atoms. The second-order valence-corrected chi connectivity index (χ2v) is 3.69. The normalized spacial score (nSPS) is 12.8. The molecule has 1 aromatic rings. The SMILES string of the molecule is CCn1nc(C)c(Cl)c1C[C@@H](N)C(=O)O. The number of aryl methyl sites for hydroxylation is 2. The highest BCUT2D eigenvalue weighted by atomic mass is 35.5. The Morgan fingerprint density at radius 2 is 2.33 bits per heavy atom. The second-order valence-electron chi connectivity index (χ2n) is 3.31. The minimum absolute atomic E-state index is 0.197. The summed E-state index contributed by atoms with van der Waals surface area (Å²) < 4.78 is 1.68. The molecule has 0 unspecified atom stereocenters. The van der Waals surface area contributed by atoms with Gasteiger partial charge in [0.25, 0.3) is 0 Å². The molecule has 0 aliphatic heterocycles. The highest BCUT2D eigenvalue weighted by Crippen LogP contribution is 2.21. The number of hydrogen-bond acceptors (Lipinski definition) is 3. The molecule has 84 valence electrons. The highest BCUT2D eigenvalue weighted by Gasteiger charge is 2.19. The molecule has 1 heterocycles. The van der Waals surface area contributed by atoms with Crippen molar-refractivity contribution in [3.05, 3.63) is 16.4 Å². The van der Waals surface area contributed by atoms with Gasteiger partial charge in [0.15, 0.2) is 0 Å². The van der Waals surface area contributed by atoms with Crippen molar-refractivity contribution in [3.63, 3.8) is 0 Å². The van der Waals surface area contributed by atoms with E-state index >= 15 is 0 Å². The summed E-state index contributed by atoms with van der Waals surface area (Å²) in [5.41, 5.74) is 6.84. The lowest BCUT2D eigenvalue weighted by atomic mass is 10.1. The van der Waals surface area contributed by atoms with Gasteiger partial charge in [0.05, 0.1) is 16.4 Å². The molecule has 0 amide bonds. The Labute approximate surface area is 92.8 Å². The monoisotopic (exact) mass is 231 g/mol. The number of halogens is 1. The molecular weight excluding hydrogens is 218 g/mol. The Morgan fingerprint density at radius 3 is 2.80 bits per heavy atom. The topological polar surface area (TPSA) is 81.1 Å². The molecule has 1 atom stereocenters. The fourth-order valence-electron chi connectivity index (χ4n) is 1.36. The van der Waals surface area contributed by atoms with E-state index in [1.54, 1.807) is 11.6 Å². The lowest BCUT2D eigenvalue weighted by Crippen LogP contribution is -2.33. The molecule has 3 N–H and O–H groups in total. The van der Waals surface area contributed by atoms with Crippen LogP contribution < -0.4 is 5.73 Å². The zero-order valence-electron chi connectivity index (χ0n) is 8.70. The van der Waals surface area contributed by atoms with Gasteiger partial charge in [0, 0.05) is 13.0 Å². The first-order chi connectivity index (χ1) is 6.97. The van der Waals surface area contributed by atoms with Crippen LogP contribution in [0, 0.1) is 6.92 Å². The average Bonchev–Trinajstić information content (AvgIpc) is 2.45. The van der Waals surface area contributed by atoms with Crippen LogP contribution in [0.25, 0.3) is 0 Å². The van der Waals surface area contributed by atoms with Gasteiger partial charge >= 0.3 is 5.97 Å². The first-order valence-electron chi connectivity index (χ1n) is 4.67. The maximum absolute atomic E-state index is 10.6. The maximum Gasteiger partial charge on any atom is 0.320 e. The summed E-state index contributed by atoms with van der Waals surface area (Å²) in [5.74, 6) is -1.03. The molecule has 15 heavy (non-hydrogen) atoms. The Kier molecular flexibility index (Phi) is 3.71. The number of nitrogens with two attached hydrogens (primary N) is 1. The summed E-state index contributed by atoms with van der Waals surface area (Å²) in [6.45, 7) is 4.35. The molecule has 0 aliphatic rings. The van der Waals surface area contributed by atoms with Crippen LogP contribution in [0.1, 0.15) is 18.3 Å². The summed E-state index contributed by atoms with van der Waals surface area (Å²) >= 11 is 6.01. The summed E-state index contributed by atoms with van der Waals surface area (Å²) in [7, 11) is 0. The van der Waals surface area contributed by atoms with Gasteiger partial charge in [-0.3, -0.25) is 9.48 Å². The summed E-state index contributed by atoms with van der Waals surface area (Å²) in [5, 5.41) is 13.4. The molecule has 0 aromatic carbocycles. The minimum atomic E-state index is -1.03. The van der Waals surface area contributed by atoms with E-state index in [9.17, 15) is 4.79 Å². The Bertz CT molecular complexity index is 376. The first-order valence-corrected chi connectivity index (χ1v) is 5.05. The van der Waals surface area contributed by atoms with Crippen molar-refractivity contribution >= 4 is 17.6 Å². The number of rotatable bonds is 4. The van der Waals surface area contributed by atoms with E-state index in [2.05, 4.69) is 5.10 Å². The molecule has 0 spiro atoms. The van der Waals surface area contributed by atoms with Crippen molar-refractivity contribution in [2.45, 2.75) is 32.9 Å². The lowest BCUT2D eigenvalue weighted by molar-refractivity contribution is -0.138. The van der Waals surface area contributed by atoms with Gasteiger partial charge in [0.1, 0.15) is 6.04 Å². The highest BCUT2D eigenvalue weighted by molar-refractivity contribution is 6.31. The molecule has 0 saturated carbocycles. The van der Waals surface area contributed by atoms with Crippen LogP contribution in [-0.2, 0) is 17.8 Å². The van der Waals surface area contributed by atoms with Crippen molar-refractivity contribution in [2.75, 3.05) is 0 Å². The molecule has 5 nitrogen and oxygen atoms in total. The molecule has 0 radical (unpaired) electrons. The van der Waals surface area contributed by atoms with E-state index < -0.39 is 12.0 Å². The molecule has 6 heteroatoms. The fraction of sp³-hybridized carbons (Fsp3) is 0.556. The number of hydrogen-bond donors (Lipinski definition) is 2. The fourth-order valence-corrected chi connectivity index (χ4v) is 1.57. The van der Waals surface area contributed by atoms with Gasteiger partial charge < -0.3 is 10.8 Å². The maximum atomic E-state index is 10.6. The van der Waals surface area contributed by atoms with E-state index in [0.717, 1.165) is 0 Å². The van der Waals surface area contributed by atoms with Gasteiger partial charge in [-0.25, -0.2) is 0 Å². The van der Waals surface area contributed by atoms with E-state index in [4.69, 9.17) is 22.4 Å². The number of carboxylic acid groups (broad SMARTS) is 1. The quantitative estimate of drug-likeness (QED) is 0.804. The zero-order valence-corrected chi connectivity index (χ0v) is 9.45. The van der Waals surface area contributed by atoms with Crippen molar-refractivity contribution < 1.29 is 9.90 Å². The largest absolute Gasteiger partial charge is 0.480 e. The van der Waals surface area contributed by atoms with Crippen LogP contribution in [0.4, 0.5) is 0 Å². The predicted molar refractivity (Wildman–Crippen MR) is 57.0 cm³/mol. The van der Waals surface area contributed by atoms with Crippen molar-refractivity contribution in [3.8, 4) is 0 Å². The Balaban J connectivity index is 2.97. The van der Waals surface area contributed by atoms with Gasteiger partial charge in [-0.15, -0.1) is 0 Å². The molecular formula is C9H14ClN3O2. The third kappa shape index (κ3) is 2.49. The van der Waals surface area contributed by atoms with Crippen LogP contribution in [0.15, 0.2) is 0 Å². The van der Waals surface area contributed by atoms with Crippen LogP contribution >= 0.6 is 11.6 Å². The Morgan fingerprint density at radius 1 is 1.73 bits per heavy atom. The zero-order chi connectivity index (χ0) is 11.6. The average molecular weight is 232 g/mol. The van der Waals surface area contributed by atoms with Crippen LogP contribution in [-0.4, -0.2) is 26.9 Å². The van der Waals surface area contributed by atoms with E-state index in [1.165, 1.54) is 0 Å². The first kappa shape index (κ1) is 12.0. The minimum Gasteiger partial charge on any atom is -0.480 e.